The van der Waals surface area contributed by atoms with Crippen molar-refractivity contribution in [1.82, 2.24) is 14.9 Å². The summed E-state index contributed by atoms with van der Waals surface area (Å²) in [5.41, 5.74) is 0.491. The molecule has 1 atom stereocenters. The van der Waals surface area contributed by atoms with Gasteiger partial charge in [-0.3, -0.25) is 9.69 Å². The van der Waals surface area contributed by atoms with Crippen LogP contribution in [0.2, 0.25) is 0 Å². The Bertz CT molecular complexity index is 954. The molecule has 1 aliphatic heterocycles. The number of anilines is 4. The van der Waals surface area contributed by atoms with Crippen molar-refractivity contribution < 1.29 is 9.59 Å². The average Bonchev–Trinajstić information content (AvgIpc) is 3.04. The third-order valence-electron chi connectivity index (χ3n) is 5.11. The van der Waals surface area contributed by atoms with E-state index in [-0.39, 0.29) is 11.8 Å². The highest BCUT2D eigenvalue weighted by Crippen LogP contribution is 2.36. The summed E-state index contributed by atoms with van der Waals surface area (Å²) in [5.74, 6) is 0.510. The normalized spacial score (nSPS) is 19.0. The Kier molecular flexibility index (Phi) is 5.38. The van der Waals surface area contributed by atoms with E-state index < -0.39 is 5.41 Å². The molecule has 2 amide bonds. The predicted octanol–water partition coefficient (Wildman–Crippen LogP) is 2.82. The molecule has 8 nitrogen and oxygen atoms in total. The van der Waals surface area contributed by atoms with Crippen molar-refractivity contribution in [3.8, 4) is 6.07 Å². The number of rotatable bonds is 5. The molecule has 1 aliphatic rings. The van der Waals surface area contributed by atoms with Crippen LogP contribution in [0.5, 0.6) is 0 Å². The Balaban J connectivity index is 1.82. The van der Waals surface area contributed by atoms with Gasteiger partial charge in [0.1, 0.15) is 18.3 Å². The second kappa shape index (κ2) is 7.74. The molecular weight excluding hydrogens is 356 g/mol. The van der Waals surface area contributed by atoms with Crippen LogP contribution in [0.4, 0.5) is 23.1 Å². The zero-order valence-electron chi connectivity index (χ0n) is 16.1. The van der Waals surface area contributed by atoms with Crippen molar-refractivity contribution in [3.05, 3.63) is 36.5 Å². The topological polar surface area (TPSA) is 105 Å². The number of carbonyl (C=O) groups is 2. The Morgan fingerprint density at radius 1 is 1.43 bits per heavy atom. The maximum atomic E-state index is 12.7. The van der Waals surface area contributed by atoms with Gasteiger partial charge in [0, 0.05) is 30.6 Å². The summed E-state index contributed by atoms with van der Waals surface area (Å²) in [4.78, 5) is 36.0. The lowest BCUT2D eigenvalue weighted by Crippen LogP contribution is -2.33. The molecule has 1 N–H and O–H groups in total. The van der Waals surface area contributed by atoms with Crippen molar-refractivity contribution in [2.75, 3.05) is 23.8 Å². The first-order chi connectivity index (χ1) is 13.4. The smallest absolute Gasteiger partial charge is 0.324 e. The molecule has 0 unspecified atom stereocenters. The van der Waals surface area contributed by atoms with Gasteiger partial charge in [0.25, 0.3) is 0 Å². The molecule has 0 aliphatic carbocycles. The van der Waals surface area contributed by atoms with Gasteiger partial charge >= 0.3 is 5.91 Å². The molecule has 1 aromatic carbocycles. The van der Waals surface area contributed by atoms with Crippen LogP contribution in [0, 0.1) is 16.7 Å². The van der Waals surface area contributed by atoms with E-state index in [0.717, 1.165) is 11.4 Å². The summed E-state index contributed by atoms with van der Waals surface area (Å²) < 4.78 is 0. The monoisotopic (exact) mass is 378 g/mol. The van der Waals surface area contributed by atoms with E-state index >= 15 is 0 Å². The van der Waals surface area contributed by atoms with Crippen molar-refractivity contribution in [2.24, 2.45) is 5.41 Å². The molecule has 28 heavy (non-hydrogen) atoms. The summed E-state index contributed by atoms with van der Waals surface area (Å²) >= 11 is 0. The minimum Gasteiger partial charge on any atom is -0.324 e. The van der Waals surface area contributed by atoms with Crippen molar-refractivity contribution in [1.29, 1.82) is 5.26 Å². The number of benzene rings is 1. The van der Waals surface area contributed by atoms with E-state index in [1.54, 1.807) is 24.2 Å². The lowest BCUT2D eigenvalue weighted by Gasteiger charge is -2.19. The number of nitriles is 1. The minimum atomic E-state index is -0.968. The van der Waals surface area contributed by atoms with E-state index in [9.17, 15) is 14.9 Å². The summed E-state index contributed by atoms with van der Waals surface area (Å²) in [7, 11) is 1.70. The van der Waals surface area contributed by atoms with Crippen LogP contribution in [-0.4, -0.2) is 35.4 Å². The number of hydrogen-bond donors (Lipinski definition) is 1. The Hall–Kier alpha value is -3.31. The molecule has 1 aromatic heterocycles. The second-order valence-electron chi connectivity index (χ2n) is 6.75. The first-order valence-electron chi connectivity index (χ1n) is 9.08. The highest BCUT2D eigenvalue weighted by molar-refractivity contribution is 6.01. The number of aromatic nitrogens is 2. The molecule has 2 heterocycles. The number of nitrogens with one attached hydrogen (secondary N) is 1. The third kappa shape index (κ3) is 3.57. The maximum Gasteiger partial charge on any atom is 0.363 e. The molecule has 0 spiro atoms. The lowest BCUT2D eigenvalue weighted by molar-refractivity contribution is -0.123. The summed E-state index contributed by atoms with van der Waals surface area (Å²) in [6.45, 7) is 3.80. The minimum absolute atomic E-state index is 0.0696. The highest BCUT2D eigenvalue weighted by atomic mass is 16.2. The van der Waals surface area contributed by atoms with E-state index in [4.69, 9.17) is 0 Å². The van der Waals surface area contributed by atoms with E-state index in [1.807, 2.05) is 31.2 Å². The average molecular weight is 378 g/mol. The fourth-order valence-electron chi connectivity index (χ4n) is 3.16. The first kappa shape index (κ1) is 19.5. The van der Waals surface area contributed by atoms with Gasteiger partial charge in [-0.15, -0.1) is 0 Å². The van der Waals surface area contributed by atoms with Crippen LogP contribution in [0.25, 0.3) is 0 Å². The molecule has 1 saturated heterocycles. The molecule has 0 saturated carbocycles. The van der Waals surface area contributed by atoms with Gasteiger partial charge in [0.15, 0.2) is 5.69 Å². The van der Waals surface area contributed by atoms with Gasteiger partial charge in [-0.2, -0.15) is 10.2 Å². The van der Waals surface area contributed by atoms with Crippen LogP contribution in [0.15, 0.2) is 36.5 Å². The van der Waals surface area contributed by atoms with Crippen LogP contribution in [0.1, 0.15) is 26.7 Å². The molecule has 0 bridgehead atoms. The Labute approximate surface area is 163 Å². The van der Waals surface area contributed by atoms with Gasteiger partial charge in [0.05, 0.1) is 13.0 Å². The number of amides is 2. The number of hydrogen-bond acceptors (Lipinski definition) is 6. The van der Waals surface area contributed by atoms with Crippen LogP contribution in [0.3, 0.4) is 0 Å². The molecule has 143 valence electrons. The van der Waals surface area contributed by atoms with E-state index in [1.165, 1.54) is 11.8 Å². The molecular formula is C20H22N6O2+. The fraction of sp³-hybridized carbons (Fsp3) is 0.350. The second-order valence-corrected chi connectivity index (χ2v) is 6.75. The van der Waals surface area contributed by atoms with Gasteiger partial charge in [-0.25, -0.2) is 9.78 Å². The summed E-state index contributed by atoms with van der Waals surface area (Å²) in [5, 5.41) is 12.5. The summed E-state index contributed by atoms with van der Waals surface area (Å²) in [6, 6.07) is 11.1. The SMILES string of the molecule is CC[C@]1(C#N)CCN(c2ccnc(Nc3cccc([N+](C)C(C)=O)c3)n2)C1=O. The quantitative estimate of drug-likeness (QED) is 0.802. The standard InChI is InChI=1S/C20H22N6O2/c1-4-20(13-21)9-11-26(18(20)28)17-8-10-22-19(24-17)23-15-6-5-7-16(12-15)25(3)14(2)27/h5-8,10,12H,4,9,11H2,1-3H3,(H,22,23,24)/q+1/t20-/m1/s1. The lowest BCUT2D eigenvalue weighted by atomic mass is 9.85. The van der Waals surface area contributed by atoms with Crippen LogP contribution in [-0.2, 0) is 9.59 Å². The zero-order chi connectivity index (χ0) is 20.3. The van der Waals surface area contributed by atoms with Crippen molar-refractivity contribution in [2.45, 2.75) is 26.7 Å². The van der Waals surface area contributed by atoms with Gasteiger partial charge in [0.2, 0.25) is 11.9 Å². The highest BCUT2D eigenvalue weighted by Gasteiger charge is 2.46. The molecule has 8 heteroatoms. The zero-order valence-corrected chi connectivity index (χ0v) is 16.1. The van der Waals surface area contributed by atoms with Gasteiger partial charge in [-0.05, 0) is 25.0 Å². The first-order valence-corrected chi connectivity index (χ1v) is 9.08. The Morgan fingerprint density at radius 3 is 2.86 bits per heavy atom. The maximum absolute atomic E-state index is 12.7. The number of carbonyl (C=O) groups excluding carboxylic acids is 2. The Morgan fingerprint density at radius 2 is 2.21 bits per heavy atom. The fourth-order valence-corrected chi connectivity index (χ4v) is 3.16. The third-order valence-corrected chi connectivity index (χ3v) is 5.11. The van der Waals surface area contributed by atoms with Crippen LogP contribution < -0.4 is 15.1 Å². The largest absolute Gasteiger partial charge is 0.363 e. The molecule has 3 rings (SSSR count). The predicted molar refractivity (Wildman–Crippen MR) is 105 cm³/mol. The van der Waals surface area contributed by atoms with E-state index in [2.05, 4.69) is 21.4 Å². The van der Waals surface area contributed by atoms with E-state index in [0.29, 0.717) is 31.2 Å². The summed E-state index contributed by atoms with van der Waals surface area (Å²) in [6.07, 6.45) is 2.54. The van der Waals surface area contributed by atoms with Crippen LogP contribution >= 0.6 is 0 Å². The van der Waals surface area contributed by atoms with Crippen molar-refractivity contribution >= 4 is 35.0 Å². The molecule has 1 radical (unpaired) electrons. The van der Waals surface area contributed by atoms with Gasteiger partial charge in [-0.1, -0.05) is 17.9 Å². The number of nitrogens with zero attached hydrogens (tertiary/aromatic N) is 5. The van der Waals surface area contributed by atoms with Gasteiger partial charge < -0.3 is 5.32 Å². The molecule has 2 aromatic rings. The van der Waals surface area contributed by atoms with Crippen molar-refractivity contribution in [3.63, 3.8) is 0 Å². The molecule has 1 fully saturated rings.